The molecule has 33 heavy (non-hydrogen) atoms. The molecule has 1 fully saturated rings. The summed E-state index contributed by atoms with van der Waals surface area (Å²) in [5, 5.41) is 11.1. The van der Waals surface area contributed by atoms with E-state index in [0.29, 0.717) is 30.1 Å². The van der Waals surface area contributed by atoms with Crippen LogP contribution in [0.4, 0.5) is 14.7 Å². The quantitative estimate of drug-likeness (QED) is 0.481. The highest BCUT2D eigenvalue weighted by atomic mass is 19.3. The maximum absolute atomic E-state index is 12.7. The molecule has 0 radical (unpaired) electrons. The van der Waals surface area contributed by atoms with Gasteiger partial charge in [0, 0.05) is 36.6 Å². The molecule has 0 spiro atoms. The van der Waals surface area contributed by atoms with E-state index in [9.17, 15) is 13.6 Å². The van der Waals surface area contributed by atoms with Crippen LogP contribution < -0.4 is 15.0 Å². The monoisotopic (exact) mass is 451 g/mol. The molecular weight excluding hydrogens is 432 g/mol. The molecule has 0 atom stereocenters. The van der Waals surface area contributed by atoms with Crippen molar-refractivity contribution in [1.82, 2.24) is 30.3 Å². The third-order valence-electron chi connectivity index (χ3n) is 5.32. The van der Waals surface area contributed by atoms with Gasteiger partial charge in [-0.3, -0.25) is 4.79 Å². The Hall–Kier alpha value is -4.15. The van der Waals surface area contributed by atoms with Crippen LogP contribution in [0, 0.1) is 0 Å². The number of hydrogen-bond donors (Lipinski definition) is 1. The van der Waals surface area contributed by atoms with Crippen LogP contribution >= 0.6 is 0 Å². The van der Waals surface area contributed by atoms with E-state index in [1.165, 1.54) is 6.07 Å². The lowest BCUT2D eigenvalue weighted by atomic mass is 10.1. The van der Waals surface area contributed by atoms with Gasteiger partial charge in [0.2, 0.25) is 11.9 Å². The molecule has 1 N–H and O–H groups in total. The highest BCUT2D eigenvalue weighted by Gasteiger charge is 2.19. The molecule has 168 valence electrons. The molecule has 5 rings (SSSR count). The second-order valence-corrected chi connectivity index (χ2v) is 7.48. The molecular formula is C22H19F2N7O2. The van der Waals surface area contributed by atoms with Crippen LogP contribution in [0.25, 0.3) is 22.2 Å². The number of benzene rings is 2. The molecule has 11 heteroatoms. The maximum Gasteiger partial charge on any atom is 0.387 e. The minimum absolute atomic E-state index is 0.0549. The average molecular weight is 451 g/mol. The molecule has 0 aliphatic carbocycles. The van der Waals surface area contributed by atoms with E-state index < -0.39 is 6.61 Å². The van der Waals surface area contributed by atoms with Crippen LogP contribution in [0.3, 0.4) is 0 Å². The molecule has 0 unspecified atom stereocenters. The summed E-state index contributed by atoms with van der Waals surface area (Å²) in [6.07, 6.45) is 3.41. The van der Waals surface area contributed by atoms with Crippen molar-refractivity contribution in [1.29, 1.82) is 0 Å². The average Bonchev–Trinajstić information content (AvgIpc) is 3.22. The fraction of sp³-hybridized carbons (Fsp3) is 0.227. The first kappa shape index (κ1) is 20.7. The lowest BCUT2D eigenvalue weighted by Crippen LogP contribution is -2.48. The van der Waals surface area contributed by atoms with Gasteiger partial charge in [-0.05, 0) is 23.8 Å². The highest BCUT2D eigenvalue weighted by molar-refractivity contribution is 5.82. The van der Waals surface area contributed by atoms with Gasteiger partial charge in [-0.15, -0.1) is 5.10 Å². The van der Waals surface area contributed by atoms with Crippen LogP contribution in [0.2, 0.25) is 0 Å². The zero-order valence-corrected chi connectivity index (χ0v) is 17.4. The number of amides is 1. The van der Waals surface area contributed by atoms with E-state index in [1.807, 2.05) is 23.1 Å². The van der Waals surface area contributed by atoms with Gasteiger partial charge in [-0.25, -0.2) is 14.6 Å². The van der Waals surface area contributed by atoms with Gasteiger partial charge in [0.15, 0.2) is 0 Å². The van der Waals surface area contributed by atoms with Gasteiger partial charge in [-0.1, -0.05) is 29.5 Å². The number of alkyl halides is 2. The number of nitrogens with one attached hydrogen (secondary N) is 1. The standard InChI is InChI=1S/C22H19F2N7O2/c23-21(24)33-19-4-2-1-3-15(19)12-31-18-9-14(5-6-17(18)28-29-31)16-10-26-22(27-11-16)30-8-7-25-20(32)13-30/h1-6,9-11,21H,7-8,12-13H2,(H,25,32). The number of carbonyl (C=O) groups is 1. The second kappa shape index (κ2) is 8.77. The van der Waals surface area contributed by atoms with Crippen molar-refractivity contribution in [3.05, 3.63) is 60.4 Å². The number of halogens is 2. The van der Waals surface area contributed by atoms with E-state index in [0.717, 1.165) is 16.6 Å². The summed E-state index contributed by atoms with van der Waals surface area (Å²) in [4.78, 5) is 22.3. The van der Waals surface area contributed by atoms with Gasteiger partial charge in [0.25, 0.3) is 0 Å². The van der Waals surface area contributed by atoms with Crippen molar-refractivity contribution in [2.45, 2.75) is 13.2 Å². The van der Waals surface area contributed by atoms with Gasteiger partial charge < -0.3 is 15.0 Å². The second-order valence-electron chi connectivity index (χ2n) is 7.48. The number of fused-ring (bicyclic) bond motifs is 1. The summed E-state index contributed by atoms with van der Waals surface area (Å²) < 4.78 is 31.8. The largest absolute Gasteiger partial charge is 0.434 e. The minimum atomic E-state index is -2.91. The number of aromatic nitrogens is 5. The summed E-state index contributed by atoms with van der Waals surface area (Å²) in [5.74, 6) is 0.542. The Bertz CT molecular complexity index is 1290. The number of para-hydroxylation sites is 1. The van der Waals surface area contributed by atoms with Crippen LogP contribution in [0.1, 0.15) is 5.56 Å². The molecule has 1 saturated heterocycles. The number of rotatable bonds is 6. The third kappa shape index (κ3) is 4.43. The van der Waals surface area contributed by atoms with Crippen molar-refractivity contribution in [3.63, 3.8) is 0 Å². The summed E-state index contributed by atoms with van der Waals surface area (Å²) in [6.45, 7) is -1.25. The molecule has 1 aliphatic heterocycles. The van der Waals surface area contributed by atoms with E-state index in [4.69, 9.17) is 0 Å². The van der Waals surface area contributed by atoms with Crippen molar-refractivity contribution in [3.8, 4) is 16.9 Å². The number of nitrogens with zero attached hydrogens (tertiary/aromatic N) is 6. The van der Waals surface area contributed by atoms with Gasteiger partial charge >= 0.3 is 6.61 Å². The number of carbonyl (C=O) groups excluding carboxylic acids is 1. The van der Waals surface area contributed by atoms with Gasteiger partial charge in [-0.2, -0.15) is 8.78 Å². The zero-order chi connectivity index (χ0) is 22.8. The highest BCUT2D eigenvalue weighted by Crippen LogP contribution is 2.26. The van der Waals surface area contributed by atoms with Crippen molar-refractivity contribution >= 4 is 22.9 Å². The molecule has 1 amide bonds. The fourth-order valence-corrected chi connectivity index (χ4v) is 3.71. The first-order valence-corrected chi connectivity index (χ1v) is 10.3. The Balaban J connectivity index is 1.41. The van der Waals surface area contributed by atoms with E-state index in [2.05, 4.69) is 30.3 Å². The van der Waals surface area contributed by atoms with Crippen molar-refractivity contribution in [2.75, 3.05) is 24.5 Å². The SMILES string of the molecule is O=C1CN(c2ncc(-c3ccc4nnn(Cc5ccccc5OC(F)F)c4c3)cn2)CCN1. The van der Waals surface area contributed by atoms with Crippen molar-refractivity contribution < 1.29 is 18.3 Å². The van der Waals surface area contributed by atoms with E-state index in [1.54, 1.807) is 35.3 Å². The molecule has 0 saturated carbocycles. The van der Waals surface area contributed by atoms with Crippen LogP contribution in [-0.2, 0) is 11.3 Å². The molecule has 0 bridgehead atoms. The molecule has 1 aliphatic rings. The van der Waals surface area contributed by atoms with E-state index >= 15 is 0 Å². The van der Waals surface area contributed by atoms with Crippen LogP contribution in [0.5, 0.6) is 5.75 Å². The minimum Gasteiger partial charge on any atom is -0.434 e. The zero-order valence-electron chi connectivity index (χ0n) is 17.4. The Labute approximate surface area is 187 Å². The first-order valence-electron chi connectivity index (χ1n) is 10.3. The number of anilines is 1. The van der Waals surface area contributed by atoms with Crippen molar-refractivity contribution in [2.24, 2.45) is 0 Å². The summed E-state index contributed by atoms with van der Waals surface area (Å²) in [5.41, 5.74) is 3.61. The number of ether oxygens (including phenoxy) is 1. The van der Waals surface area contributed by atoms with E-state index in [-0.39, 0.29) is 24.7 Å². The third-order valence-corrected chi connectivity index (χ3v) is 5.32. The van der Waals surface area contributed by atoms with Gasteiger partial charge in [0.1, 0.15) is 11.3 Å². The predicted octanol–water partition coefficient (Wildman–Crippen LogP) is 2.47. The van der Waals surface area contributed by atoms with Gasteiger partial charge in [0.05, 0.1) is 18.6 Å². The lowest BCUT2D eigenvalue weighted by molar-refractivity contribution is -0.120. The summed E-state index contributed by atoms with van der Waals surface area (Å²) in [6, 6.07) is 12.2. The molecule has 2 aromatic carbocycles. The summed E-state index contributed by atoms with van der Waals surface area (Å²) in [7, 11) is 0. The van der Waals surface area contributed by atoms with Crippen LogP contribution in [0.15, 0.2) is 54.9 Å². The first-order chi connectivity index (χ1) is 16.1. The fourth-order valence-electron chi connectivity index (χ4n) is 3.71. The lowest BCUT2D eigenvalue weighted by Gasteiger charge is -2.26. The molecule has 4 aromatic rings. The van der Waals surface area contributed by atoms with Crippen LogP contribution in [-0.4, -0.2) is 57.1 Å². The topological polar surface area (TPSA) is 98.1 Å². The Kier molecular flexibility index (Phi) is 5.51. The Morgan fingerprint density at radius 2 is 1.91 bits per heavy atom. The number of hydrogen-bond acceptors (Lipinski definition) is 7. The normalized spacial score (nSPS) is 14.0. The Morgan fingerprint density at radius 3 is 2.70 bits per heavy atom. The predicted molar refractivity (Wildman–Crippen MR) is 116 cm³/mol. The molecule has 2 aromatic heterocycles. The molecule has 9 nitrogen and oxygen atoms in total. The Morgan fingerprint density at radius 1 is 1.09 bits per heavy atom. The summed E-state index contributed by atoms with van der Waals surface area (Å²) >= 11 is 0. The smallest absolute Gasteiger partial charge is 0.387 e. The number of piperazine rings is 1. The molecule has 3 heterocycles. The maximum atomic E-state index is 12.7.